The quantitative estimate of drug-likeness (QED) is 0.0622. The van der Waals surface area contributed by atoms with Crippen molar-refractivity contribution < 1.29 is 55.8 Å². The number of allylic oxidation sites excluding steroid dienone is 2. The van der Waals surface area contributed by atoms with Crippen LogP contribution in [0.2, 0.25) is 0 Å². The Hall–Kier alpha value is -4.66. The molecule has 1 saturated carbocycles. The molecule has 2 heterocycles. The summed E-state index contributed by atoms with van der Waals surface area (Å²) in [6.07, 6.45) is 0.897. The highest BCUT2D eigenvalue weighted by Crippen LogP contribution is 2.66. The lowest BCUT2D eigenvalue weighted by molar-refractivity contribution is -0.125. The molecule has 0 spiro atoms. The van der Waals surface area contributed by atoms with Crippen molar-refractivity contribution >= 4 is 64.0 Å². The van der Waals surface area contributed by atoms with Gasteiger partial charge in [-0.1, -0.05) is 23.8 Å². The number of carbonyl (C=O) groups excluding carboxylic acids is 5. The van der Waals surface area contributed by atoms with E-state index in [2.05, 4.69) is 0 Å². The molecule has 0 bridgehead atoms. The minimum atomic E-state index is -2.66. The zero-order valence-corrected chi connectivity index (χ0v) is 28.3. The third-order valence-electron chi connectivity index (χ3n) is 10.3. The van der Waals surface area contributed by atoms with Crippen molar-refractivity contribution in [2.45, 2.75) is 35.4 Å². The van der Waals surface area contributed by atoms with Crippen LogP contribution in [0.3, 0.4) is 0 Å². The molecule has 9 nitrogen and oxygen atoms in total. The average molecular weight is 763 g/mol. The van der Waals surface area contributed by atoms with Gasteiger partial charge in [-0.3, -0.25) is 28.9 Å². The molecule has 270 valence electrons. The van der Waals surface area contributed by atoms with Gasteiger partial charge < -0.3 is 9.84 Å². The number of carbonyl (C=O) groups is 5. The maximum Gasteiger partial charge on any atom is 0.258 e. The molecule has 3 fully saturated rings. The van der Waals surface area contributed by atoms with Crippen LogP contribution in [0.15, 0.2) is 60.2 Å². The SMILES string of the molecule is CC(=O)c1ccc(N2C(=O)C3CC=C4C(CC5(Cl)C(=O)N(c6c(F)c(F)c(F)c(F)c6F)C(=O)C5(Cl)C4c4ccc(OCCO)cc4)C3C2=O)cc1. The van der Waals surface area contributed by atoms with E-state index in [9.17, 15) is 37.1 Å². The molecule has 1 N–H and O–H groups in total. The highest BCUT2D eigenvalue weighted by atomic mass is 35.5. The predicted molar refractivity (Wildman–Crippen MR) is 174 cm³/mol. The van der Waals surface area contributed by atoms with Crippen molar-refractivity contribution in [2.75, 3.05) is 23.0 Å². The fourth-order valence-electron chi connectivity index (χ4n) is 7.96. The standard InChI is InChI=1S/C36H25Cl2F5N2O7/c1-15(47)16-2-6-18(7-3-16)44-31(48)21-11-10-20-22(23(21)32(44)49)14-35(37)33(50)45(30-28(42)26(40)25(39)27(41)29(30)43)34(51)36(35,38)24(20)17-4-8-19(9-5-17)52-13-12-46/h2-10,21-24,46H,11-14H2,1H3. The molecule has 7 rings (SSSR count). The van der Waals surface area contributed by atoms with Gasteiger partial charge in [0.2, 0.25) is 17.6 Å². The van der Waals surface area contributed by atoms with Crippen LogP contribution >= 0.6 is 23.2 Å². The highest BCUT2D eigenvalue weighted by molar-refractivity contribution is 6.58. The lowest BCUT2D eigenvalue weighted by atomic mass is 9.56. The second kappa shape index (κ2) is 12.5. The molecule has 0 radical (unpaired) electrons. The lowest BCUT2D eigenvalue weighted by Gasteiger charge is -2.50. The first-order chi connectivity index (χ1) is 24.6. The number of halogens is 7. The molecule has 52 heavy (non-hydrogen) atoms. The van der Waals surface area contributed by atoms with E-state index in [0.717, 1.165) is 4.90 Å². The molecule has 2 aliphatic carbocycles. The number of anilines is 2. The van der Waals surface area contributed by atoms with Crippen LogP contribution in [0.4, 0.5) is 33.3 Å². The predicted octanol–water partition coefficient (Wildman–Crippen LogP) is 5.72. The lowest BCUT2D eigenvalue weighted by Crippen LogP contribution is -2.60. The van der Waals surface area contributed by atoms with E-state index >= 15 is 8.78 Å². The van der Waals surface area contributed by atoms with Gasteiger partial charge in [-0.05, 0) is 67.6 Å². The minimum Gasteiger partial charge on any atom is -0.491 e. The summed E-state index contributed by atoms with van der Waals surface area (Å²) >= 11 is 14.3. The normalized spacial score (nSPS) is 28.1. The van der Waals surface area contributed by atoms with Crippen LogP contribution in [-0.2, 0) is 19.2 Å². The summed E-state index contributed by atoms with van der Waals surface area (Å²) in [7, 11) is 0. The number of aliphatic hydroxyl groups excluding tert-OH is 1. The largest absolute Gasteiger partial charge is 0.491 e. The van der Waals surface area contributed by atoms with Gasteiger partial charge in [0.15, 0.2) is 38.8 Å². The number of aliphatic hydroxyl groups is 1. The maximum absolute atomic E-state index is 15.2. The number of rotatable bonds is 7. The van der Waals surface area contributed by atoms with Crippen molar-refractivity contribution in [2.24, 2.45) is 17.8 Å². The number of nitrogens with zero attached hydrogens (tertiary/aromatic N) is 2. The summed E-state index contributed by atoms with van der Waals surface area (Å²) in [5, 5.41) is 9.15. The monoisotopic (exact) mass is 762 g/mol. The second-order valence-electron chi connectivity index (χ2n) is 12.9. The first-order valence-electron chi connectivity index (χ1n) is 15.9. The molecule has 16 heteroatoms. The van der Waals surface area contributed by atoms with E-state index < -0.39 is 98.2 Å². The van der Waals surface area contributed by atoms with Crippen LogP contribution in [-0.4, -0.2) is 57.5 Å². The van der Waals surface area contributed by atoms with Gasteiger partial charge in [0.1, 0.15) is 18.0 Å². The molecular weight excluding hydrogens is 738 g/mol. The van der Waals surface area contributed by atoms with Gasteiger partial charge >= 0.3 is 0 Å². The Kier molecular flexibility index (Phi) is 8.58. The molecule has 4 aliphatic rings. The highest BCUT2D eigenvalue weighted by Gasteiger charge is 2.77. The summed E-state index contributed by atoms with van der Waals surface area (Å²) in [5.41, 5.74) is -0.892. The van der Waals surface area contributed by atoms with Crippen molar-refractivity contribution in [3.63, 3.8) is 0 Å². The van der Waals surface area contributed by atoms with E-state index in [1.807, 2.05) is 0 Å². The number of alkyl halides is 2. The smallest absolute Gasteiger partial charge is 0.258 e. The van der Waals surface area contributed by atoms with Crippen LogP contribution < -0.4 is 14.5 Å². The fraction of sp³-hybridized carbons (Fsp3) is 0.306. The van der Waals surface area contributed by atoms with E-state index in [1.165, 1.54) is 55.5 Å². The Morgan fingerprint density at radius 2 is 1.42 bits per heavy atom. The Morgan fingerprint density at radius 1 is 0.827 bits per heavy atom. The number of hydrogen-bond donors (Lipinski definition) is 1. The van der Waals surface area contributed by atoms with Crippen molar-refractivity contribution in [3.8, 4) is 5.75 Å². The number of hydrogen-bond acceptors (Lipinski definition) is 7. The van der Waals surface area contributed by atoms with Crippen LogP contribution in [0.5, 0.6) is 5.75 Å². The van der Waals surface area contributed by atoms with Crippen molar-refractivity contribution in [3.05, 3.63) is 100 Å². The van der Waals surface area contributed by atoms with Gasteiger partial charge in [-0.15, -0.1) is 23.2 Å². The summed E-state index contributed by atoms with van der Waals surface area (Å²) in [6, 6.07) is 11.5. The Balaban J connectivity index is 1.38. The molecule has 3 aromatic carbocycles. The van der Waals surface area contributed by atoms with Crippen molar-refractivity contribution in [1.82, 2.24) is 0 Å². The number of ketones is 1. The van der Waals surface area contributed by atoms with Gasteiger partial charge in [0, 0.05) is 11.5 Å². The molecule has 2 aliphatic heterocycles. The molecule has 6 atom stereocenters. The van der Waals surface area contributed by atoms with E-state index in [4.69, 9.17) is 33.0 Å². The van der Waals surface area contributed by atoms with Crippen molar-refractivity contribution in [1.29, 1.82) is 0 Å². The van der Waals surface area contributed by atoms with Gasteiger partial charge in [0.25, 0.3) is 11.8 Å². The molecule has 0 aromatic heterocycles. The first kappa shape index (κ1) is 35.7. The first-order valence-corrected chi connectivity index (χ1v) is 16.7. The van der Waals surface area contributed by atoms with Gasteiger partial charge in [-0.25, -0.2) is 26.9 Å². The molecule has 4 amide bonds. The molecule has 2 saturated heterocycles. The average Bonchev–Trinajstić information content (AvgIpc) is 3.47. The molecular formula is C36H25Cl2F5N2O7. The second-order valence-corrected chi connectivity index (χ2v) is 14.2. The summed E-state index contributed by atoms with van der Waals surface area (Å²) in [5.74, 6) is -21.5. The van der Waals surface area contributed by atoms with E-state index in [0.29, 0.717) is 5.56 Å². The summed E-state index contributed by atoms with van der Waals surface area (Å²) in [6.45, 7) is 0.964. The number of imide groups is 2. The van der Waals surface area contributed by atoms with Crippen LogP contribution in [0.25, 0.3) is 0 Å². The Morgan fingerprint density at radius 3 is 2.00 bits per heavy atom. The summed E-state index contributed by atoms with van der Waals surface area (Å²) < 4.78 is 78.8. The maximum atomic E-state index is 15.2. The Labute approximate surface area is 301 Å². The van der Waals surface area contributed by atoms with E-state index in [1.54, 1.807) is 6.08 Å². The number of ether oxygens (including phenoxy) is 1. The van der Waals surface area contributed by atoms with Gasteiger partial charge in [0.05, 0.1) is 24.1 Å². The fourth-order valence-corrected chi connectivity index (χ4v) is 8.90. The van der Waals surface area contributed by atoms with E-state index in [-0.39, 0.29) is 52.9 Å². The Bertz CT molecular complexity index is 2100. The van der Waals surface area contributed by atoms with Gasteiger partial charge in [-0.2, -0.15) is 0 Å². The number of amides is 4. The minimum absolute atomic E-state index is 0.0386. The zero-order chi connectivity index (χ0) is 37.6. The van der Waals surface area contributed by atoms with Crippen LogP contribution in [0, 0.1) is 46.8 Å². The third-order valence-corrected chi connectivity index (χ3v) is 11.7. The molecule has 3 aromatic rings. The zero-order valence-electron chi connectivity index (χ0n) is 26.8. The number of Topliss-reactive ketones (excluding diaryl/α,β-unsaturated/α-hetero) is 1. The van der Waals surface area contributed by atoms with Crippen LogP contribution in [0.1, 0.15) is 41.6 Å². The molecule has 6 unspecified atom stereocenters. The summed E-state index contributed by atoms with van der Waals surface area (Å²) in [4.78, 5) is 64.0. The number of benzene rings is 3. The third kappa shape index (κ3) is 4.80. The topological polar surface area (TPSA) is 121 Å². The number of fused-ring (bicyclic) bond motifs is 4.